The molecule has 4 aromatic rings. The number of anilines is 1. The molecule has 2 aromatic heterocycles. The van der Waals surface area contributed by atoms with Gasteiger partial charge in [-0.2, -0.15) is 0 Å². The summed E-state index contributed by atoms with van der Waals surface area (Å²) >= 11 is 1.64. The van der Waals surface area contributed by atoms with Gasteiger partial charge in [0.25, 0.3) is 11.5 Å². The number of aryl methyl sites for hydroxylation is 1. The van der Waals surface area contributed by atoms with Crippen molar-refractivity contribution in [2.24, 2.45) is 7.05 Å². The molecule has 0 saturated heterocycles. The van der Waals surface area contributed by atoms with E-state index >= 15 is 0 Å². The van der Waals surface area contributed by atoms with Crippen molar-refractivity contribution >= 4 is 34.3 Å². The molecule has 1 amide bonds. The van der Waals surface area contributed by atoms with Crippen molar-refractivity contribution in [3.8, 4) is 0 Å². The molecule has 2 aromatic carbocycles. The summed E-state index contributed by atoms with van der Waals surface area (Å²) in [6.07, 6.45) is 1.77. The number of hydrogen-bond donors (Lipinski definition) is 1. The van der Waals surface area contributed by atoms with E-state index in [-0.39, 0.29) is 11.5 Å². The predicted molar refractivity (Wildman–Crippen MR) is 117 cm³/mol. The minimum Gasteiger partial charge on any atom is -0.322 e. The Kier molecular flexibility index (Phi) is 5.44. The average Bonchev–Trinajstić information content (AvgIpc) is 2.76. The van der Waals surface area contributed by atoms with Crippen LogP contribution in [0.1, 0.15) is 15.9 Å². The van der Waals surface area contributed by atoms with Gasteiger partial charge in [-0.25, -0.2) is 4.98 Å². The summed E-state index contributed by atoms with van der Waals surface area (Å²) in [4.78, 5) is 29.5. The number of fused-ring (bicyclic) bond motifs is 1. The van der Waals surface area contributed by atoms with Crippen molar-refractivity contribution < 1.29 is 4.79 Å². The Labute approximate surface area is 172 Å². The van der Waals surface area contributed by atoms with E-state index in [1.54, 1.807) is 29.6 Å². The number of rotatable bonds is 5. The van der Waals surface area contributed by atoms with E-state index in [4.69, 9.17) is 0 Å². The van der Waals surface area contributed by atoms with Gasteiger partial charge in [0.05, 0.1) is 16.1 Å². The van der Waals surface area contributed by atoms with Crippen molar-refractivity contribution in [3.63, 3.8) is 0 Å². The number of amides is 1. The topological polar surface area (TPSA) is 64.0 Å². The van der Waals surface area contributed by atoms with Gasteiger partial charge < -0.3 is 9.88 Å². The second kappa shape index (κ2) is 8.32. The lowest BCUT2D eigenvalue weighted by molar-refractivity contribution is 0.102. The van der Waals surface area contributed by atoms with Crippen LogP contribution in [0.5, 0.6) is 0 Å². The summed E-state index contributed by atoms with van der Waals surface area (Å²) in [6.45, 7) is 0. The smallest absolute Gasteiger partial charge is 0.256 e. The molecule has 1 N–H and O–H groups in total. The fourth-order valence-electron chi connectivity index (χ4n) is 3.13. The molecule has 5 nitrogen and oxygen atoms in total. The molecule has 0 aliphatic rings. The number of benzene rings is 2. The van der Waals surface area contributed by atoms with Gasteiger partial charge in [-0.1, -0.05) is 36.4 Å². The first kappa shape index (κ1) is 19.0. The van der Waals surface area contributed by atoms with Gasteiger partial charge in [0.2, 0.25) is 0 Å². The van der Waals surface area contributed by atoms with Crippen molar-refractivity contribution in [1.29, 1.82) is 0 Å². The van der Waals surface area contributed by atoms with Crippen LogP contribution in [0.2, 0.25) is 0 Å². The summed E-state index contributed by atoms with van der Waals surface area (Å²) in [5.41, 5.74) is 2.66. The SMILES string of the molecule is Cn1c(=O)cc(C(=O)Nc2cccc(CSc3ccccn3)c2)c2ccccc21. The Morgan fingerprint density at radius 2 is 1.86 bits per heavy atom. The van der Waals surface area contributed by atoms with Crippen LogP contribution in [0.15, 0.2) is 88.8 Å². The normalized spacial score (nSPS) is 10.8. The number of para-hydroxylation sites is 1. The molecule has 0 saturated carbocycles. The van der Waals surface area contributed by atoms with Crippen LogP contribution >= 0.6 is 11.8 Å². The fourth-order valence-corrected chi connectivity index (χ4v) is 3.93. The highest BCUT2D eigenvalue weighted by Gasteiger charge is 2.13. The van der Waals surface area contributed by atoms with Gasteiger partial charge in [-0.05, 0) is 35.9 Å². The van der Waals surface area contributed by atoms with E-state index in [2.05, 4.69) is 10.3 Å². The monoisotopic (exact) mass is 401 g/mol. The maximum absolute atomic E-state index is 12.9. The molecule has 0 aliphatic heterocycles. The quantitative estimate of drug-likeness (QED) is 0.501. The molecule has 4 rings (SSSR count). The van der Waals surface area contributed by atoms with Gasteiger partial charge in [-0.15, -0.1) is 11.8 Å². The third-order valence-corrected chi connectivity index (χ3v) is 5.62. The first-order chi connectivity index (χ1) is 14.1. The lowest BCUT2D eigenvalue weighted by Gasteiger charge is -2.11. The highest BCUT2D eigenvalue weighted by atomic mass is 32.2. The fraction of sp³-hybridized carbons (Fsp3) is 0.0870. The molecule has 0 radical (unpaired) electrons. The predicted octanol–water partition coefficient (Wildman–Crippen LogP) is 4.48. The van der Waals surface area contributed by atoms with E-state index in [1.165, 1.54) is 6.07 Å². The molecule has 29 heavy (non-hydrogen) atoms. The number of aromatic nitrogens is 2. The van der Waals surface area contributed by atoms with Crippen LogP contribution in [0.4, 0.5) is 5.69 Å². The van der Waals surface area contributed by atoms with Gasteiger partial charge >= 0.3 is 0 Å². The van der Waals surface area contributed by atoms with E-state index in [9.17, 15) is 9.59 Å². The molecule has 0 atom stereocenters. The number of carbonyl (C=O) groups is 1. The maximum Gasteiger partial charge on any atom is 0.256 e. The van der Waals surface area contributed by atoms with E-state index in [1.807, 2.05) is 66.7 Å². The molecule has 6 heteroatoms. The molecule has 0 spiro atoms. The van der Waals surface area contributed by atoms with E-state index in [0.717, 1.165) is 27.2 Å². The highest BCUT2D eigenvalue weighted by Crippen LogP contribution is 2.23. The molecule has 0 unspecified atom stereocenters. The Hall–Kier alpha value is -3.38. The number of hydrogen-bond acceptors (Lipinski definition) is 4. The summed E-state index contributed by atoms with van der Waals surface area (Å²) < 4.78 is 1.54. The minimum atomic E-state index is -0.298. The van der Waals surface area contributed by atoms with Gasteiger partial charge in [-0.3, -0.25) is 9.59 Å². The summed E-state index contributed by atoms with van der Waals surface area (Å²) in [5.74, 6) is 0.448. The zero-order valence-corrected chi connectivity index (χ0v) is 16.6. The van der Waals surface area contributed by atoms with Crippen LogP contribution in [0, 0.1) is 0 Å². The van der Waals surface area contributed by atoms with Crippen LogP contribution < -0.4 is 10.9 Å². The average molecular weight is 401 g/mol. The number of carbonyl (C=O) groups excluding carboxylic acids is 1. The first-order valence-electron chi connectivity index (χ1n) is 9.15. The lowest BCUT2D eigenvalue weighted by atomic mass is 10.1. The second-order valence-electron chi connectivity index (χ2n) is 6.58. The van der Waals surface area contributed by atoms with Gasteiger partial charge in [0.15, 0.2) is 0 Å². The standard InChI is InChI=1S/C23H19N3O2S/c1-26-20-10-3-2-9-18(20)19(14-22(26)27)23(28)25-17-8-6-7-16(13-17)15-29-21-11-4-5-12-24-21/h2-14H,15H2,1H3,(H,25,28). The van der Waals surface area contributed by atoms with Crippen LogP contribution in [0.25, 0.3) is 10.9 Å². The Morgan fingerprint density at radius 3 is 2.69 bits per heavy atom. The number of nitrogens with zero attached hydrogens (tertiary/aromatic N) is 2. The zero-order valence-electron chi connectivity index (χ0n) is 15.8. The molecule has 0 bridgehead atoms. The molecular weight excluding hydrogens is 382 g/mol. The Bertz CT molecular complexity index is 1240. The Balaban J connectivity index is 1.56. The van der Waals surface area contributed by atoms with Crippen molar-refractivity contribution in [1.82, 2.24) is 9.55 Å². The number of pyridine rings is 2. The molecular formula is C23H19N3O2S. The summed E-state index contributed by atoms with van der Waals surface area (Å²) in [5, 5.41) is 4.62. The van der Waals surface area contributed by atoms with Crippen molar-refractivity contribution in [3.05, 3.63) is 100 Å². The second-order valence-corrected chi connectivity index (χ2v) is 7.58. The van der Waals surface area contributed by atoms with Crippen molar-refractivity contribution in [2.45, 2.75) is 10.8 Å². The third-order valence-electron chi connectivity index (χ3n) is 4.61. The molecule has 2 heterocycles. The van der Waals surface area contributed by atoms with Crippen LogP contribution in [-0.2, 0) is 12.8 Å². The minimum absolute atomic E-state index is 0.214. The highest BCUT2D eigenvalue weighted by molar-refractivity contribution is 7.98. The summed E-state index contributed by atoms with van der Waals surface area (Å²) in [6, 6.07) is 22.3. The van der Waals surface area contributed by atoms with Crippen molar-refractivity contribution in [2.75, 3.05) is 5.32 Å². The summed E-state index contributed by atoms with van der Waals surface area (Å²) in [7, 11) is 1.70. The van der Waals surface area contributed by atoms with Gasteiger partial charge in [0.1, 0.15) is 0 Å². The van der Waals surface area contributed by atoms with E-state index in [0.29, 0.717) is 11.3 Å². The maximum atomic E-state index is 12.9. The first-order valence-corrected chi connectivity index (χ1v) is 10.1. The molecule has 0 aliphatic carbocycles. The molecule has 0 fully saturated rings. The third kappa shape index (κ3) is 4.22. The zero-order chi connectivity index (χ0) is 20.2. The largest absolute Gasteiger partial charge is 0.322 e. The lowest BCUT2D eigenvalue weighted by Crippen LogP contribution is -2.21. The molecule has 144 valence electrons. The van der Waals surface area contributed by atoms with Crippen LogP contribution in [0.3, 0.4) is 0 Å². The van der Waals surface area contributed by atoms with E-state index < -0.39 is 0 Å². The van der Waals surface area contributed by atoms with Gasteiger partial charge in [0, 0.05) is 36.1 Å². The Morgan fingerprint density at radius 1 is 1.03 bits per heavy atom. The number of thioether (sulfide) groups is 1. The number of nitrogens with one attached hydrogen (secondary N) is 1. The van der Waals surface area contributed by atoms with Crippen LogP contribution in [-0.4, -0.2) is 15.5 Å².